The van der Waals surface area contributed by atoms with Gasteiger partial charge in [-0.05, 0) is 25.0 Å². The van der Waals surface area contributed by atoms with Gasteiger partial charge in [-0.25, -0.2) is 13.8 Å². The van der Waals surface area contributed by atoms with Crippen molar-refractivity contribution >= 4 is 22.7 Å². The highest BCUT2D eigenvalue weighted by Gasteiger charge is 2.35. The number of nitrogens with zero attached hydrogens (tertiary/aromatic N) is 3. The average Bonchev–Trinajstić information content (AvgIpc) is 2.64. The van der Waals surface area contributed by atoms with Gasteiger partial charge in [0.2, 0.25) is 11.9 Å². The third kappa shape index (κ3) is 3.47. The average molecular weight is 371 g/mol. The molecule has 0 aliphatic heterocycles. The minimum absolute atomic E-state index is 0.125. The zero-order chi connectivity index (χ0) is 19.0. The molecule has 1 aliphatic carbocycles. The molecule has 3 aromatic rings. The number of hydrogen-bond acceptors (Lipinski definition) is 5. The predicted molar refractivity (Wildman–Crippen MR) is 100 cm³/mol. The highest BCUT2D eigenvalue weighted by Crippen LogP contribution is 2.34. The first-order valence-electron chi connectivity index (χ1n) is 8.81. The first-order chi connectivity index (χ1) is 12.9. The van der Waals surface area contributed by atoms with Crippen LogP contribution in [0.25, 0.3) is 16.7 Å². The lowest BCUT2D eigenvalue weighted by Gasteiger charge is -2.28. The Morgan fingerprint density at radius 3 is 2.59 bits per heavy atom. The molecule has 0 atom stereocenters. The van der Waals surface area contributed by atoms with Gasteiger partial charge in [0.05, 0.1) is 11.1 Å². The fourth-order valence-corrected chi connectivity index (χ4v) is 3.39. The molecule has 1 aliphatic rings. The van der Waals surface area contributed by atoms with Crippen molar-refractivity contribution in [3.63, 3.8) is 0 Å². The Balaban J connectivity index is 1.74. The van der Waals surface area contributed by atoms with Gasteiger partial charge in [0.1, 0.15) is 0 Å². The van der Waals surface area contributed by atoms with E-state index in [4.69, 9.17) is 5.73 Å². The van der Waals surface area contributed by atoms with Crippen LogP contribution in [0, 0.1) is 0 Å². The van der Waals surface area contributed by atoms with Gasteiger partial charge in [0.15, 0.2) is 5.65 Å². The second-order valence-electron chi connectivity index (χ2n) is 6.81. The number of nitrogen functional groups attached to an aromatic ring is 1. The van der Waals surface area contributed by atoms with Crippen LogP contribution >= 0.6 is 0 Å². The first kappa shape index (κ1) is 17.4. The van der Waals surface area contributed by atoms with Crippen LogP contribution in [-0.4, -0.2) is 26.5 Å². The van der Waals surface area contributed by atoms with E-state index in [0.717, 1.165) is 0 Å². The summed E-state index contributed by atoms with van der Waals surface area (Å²) in [5, 5.41) is 3.67. The van der Waals surface area contributed by atoms with E-state index < -0.39 is 5.92 Å². The van der Waals surface area contributed by atoms with Gasteiger partial charge in [-0.3, -0.25) is 9.36 Å². The van der Waals surface area contributed by atoms with Crippen molar-refractivity contribution in [3.05, 3.63) is 52.9 Å². The van der Waals surface area contributed by atoms with Crippen molar-refractivity contribution in [2.24, 2.45) is 0 Å². The number of nitrogens with two attached hydrogens (primary N) is 1. The summed E-state index contributed by atoms with van der Waals surface area (Å²) in [5.74, 6) is -2.29. The Morgan fingerprint density at radius 2 is 1.89 bits per heavy atom. The van der Waals surface area contributed by atoms with Crippen molar-refractivity contribution in [2.75, 3.05) is 11.1 Å². The van der Waals surface area contributed by atoms with Crippen molar-refractivity contribution in [1.82, 2.24) is 14.5 Å². The molecule has 1 aromatic carbocycles. The maximum absolute atomic E-state index is 13.3. The highest BCUT2D eigenvalue weighted by molar-refractivity contribution is 5.88. The summed E-state index contributed by atoms with van der Waals surface area (Å²) < 4.78 is 28.2. The number of aromatic nitrogens is 3. The van der Waals surface area contributed by atoms with Crippen LogP contribution < -0.4 is 16.6 Å². The number of anilines is 2. The molecule has 0 radical (unpaired) electrons. The van der Waals surface area contributed by atoms with Gasteiger partial charge < -0.3 is 11.1 Å². The number of para-hydroxylation sites is 1. The Hall–Kier alpha value is -3.03. The summed E-state index contributed by atoms with van der Waals surface area (Å²) in [7, 11) is 0. The number of fused-ring (bicyclic) bond motifs is 1. The Morgan fingerprint density at radius 1 is 1.19 bits per heavy atom. The number of hydrogen-bond donors (Lipinski definition) is 2. The molecular weight excluding hydrogens is 352 g/mol. The second-order valence-corrected chi connectivity index (χ2v) is 6.81. The normalized spacial score (nSPS) is 17.1. The largest absolute Gasteiger partial charge is 0.398 e. The number of halogens is 2. The van der Waals surface area contributed by atoms with Crippen molar-refractivity contribution in [3.8, 4) is 5.69 Å². The molecule has 0 bridgehead atoms. The van der Waals surface area contributed by atoms with Gasteiger partial charge in [0, 0.05) is 36.8 Å². The van der Waals surface area contributed by atoms with Crippen molar-refractivity contribution in [1.29, 1.82) is 0 Å². The molecule has 0 unspecified atom stereocenters. The zero-order valence-corrected chi connectivity index (χ0v) is 14.5. The molecule has 6 nitrogen and oxygen atoms in total. The third-order valence-corrected chi connectivity index (χ3v) is 4.86. The molecule has 0 spiro atoms. The molecule has 1 fully saturated rings. The van der Waals surface area contributed by atoms with Gasteiger partial charge >= 0.3 is 0 Å². The summed E-state index contributed by atoms with van der Waals surface area (Å²) in [5.41, 5.74) is 7.01. The Labute approximate surface area is 154 Å². The smallest absolute Gasteiger partial charge is 0.258 e. The lowest BCUT2D eigenvalue weighted by atomic mass is 9.92. The summed E-state index contributed by atoms with van der Waals surface area (Å²) >= 11 is 0. The molecule has 140 valence electrons. The monoisotopic (exact) mass is 371 g/mol. The third-order valence-electron chi connectivity index (χ3n) is 4.86. The Bertz CT molecular complexity index is 1030. The van der Waals surface area contributed by atoms with Crippen LogP contribution in [0.15, 0.2) is 47.4 Å². The van der Waals surface area contributed by atoms with Crippen LogP contribution in [-0.2, 0) is 0 Å². The SMILES string of the molecule is Nc1cc(=O)n(-c2ccccc2)c2nc(NC3CCC(F)(F)CC3)ncc12. The molecule has 2 aromatic heterocycles. The van der Waals surface area contributed by atoms with E-state index in [0.29, 0.717) is 41.2 Å². The molecule has 0 amide bonds. The van der Waals surface area contributed by atoms with E-state index in [1.807, 2.05) is 18.2 Å². The number of pyridine rings is 1. The predicted octanol–water partition coefficient (Wildman–Crippen LogP) is 3.35. The fraction of sp³-hybridized carbons (Fsp3) is 0.316. The number of benzene rings is 1. The lowest BCUT2D eigenvalue weighted by molar-refractivity contribution is -0.0361. The van der Waals surface area contributed by atoms with E-state index in [-0.39, 0.29) is 24.4 Å². The van der Waals surface area contributed by atoms with E-state index in [2.05, 4.69) is 15.3 Å². The molecule has 3 N–H and O–H groups in total. The quantitative estimate of drug-likeness (QED) is 0.737. The number of nitrogens with one attached hydrogen (secondary N) is 1. The van der Waals surface area contributed by atoms with Crippen molar-refractivity contribution in [2.45, 2.75) is 37.6 Å². The standard InChI is InChI=1S/C19H19F2N5O/c20-19(21)8-6-12(7-9-19)24-18-23-11-14-15(22)10-16(27)26(17(14)25-18)13-4-2-1-3-5-13/h1-5,10-12H,6-9,22H2,(H,23,24,25). The number of rotatable bonds is 3. The van der Waals surface area contributed by atoms with Gasteiger partial charge in [-0.15, -0.1) is 0 Å². The van der Waals surface area contributed by atoms with E-state index in [1.165, 1.54) is 10.6 Å². The molecule has 8 heteroatoms. The summed E-state index contributed by atoms with van der Waals surface area (Å²) in [6, 6.07) is 10.3. The molecule has 1 saturated carbocycles. The van der Waals surface area contributed by atoms with E-state index in [9.17, 15) is 13.6 Å². The van der Waals surface area contributed by atoms with E-state index >= 15 is 0 Å². The van der Waals surface area contributed by atoms with E-state index in [1.54, 1.807) is 18.3 Å². The van der Waals surface area contributed by atoms with Crippen molar-refractivity contribution < 1.29 is 8.78 Å². The van der Waals surface area contributed by atoms with Crippen LogP contribution in [0.1, 0.15) is 25.7 Å². The Kier molecular flexibility index (Phi) is 4.25. The molecular formula is C19H19F2N5O. The van der Waals surface area contributed by atoms with Gasteiger partial charge in [-0.1, -0.05) is 18.2 Å². The second kappa shape index (κ2) is 6.61. The summed E-state index contributed by atoms with van der Waals surface area (Å²) in [6.45, 7) is 0. The first-order valence-corrected chi connectivity index (χ1v) is 8.81. The summed E-state index contributed by atoms with van der Waals surface area (Å²) in [4.78, 5) is 21.3. The van der Waals surface area contributed by atoms with Crippen LogP contribution in [0.2, 0.25) is 0 Å². The van der Waals surface area contributed by atoms with Gasteiger partial charge in [0.25, 0.3) is 5.56 Å². The van der Waals surface area contributed by atoms with Crippen LogP contribution in [0.4, 0.5) is 20.4 Å². The van der Waals surface area contributed by atoms with Crippen LogP contribution in [0.5, 0.6) is 0 Å². The lowest BCUT2D eigenvalue weighted by Crippen LogP contribution is -2.32. The topological polar surface area (TPSA) is 85.8 Å². The maximum atomic E-state index is 13.3. The minimum Gasteiger partial charge on any atom is -0.398 e. The number of alkyl halides is 2. The summed E-state index contributed by atoms with van der Waals surface area (Å²) in [6.07, 6.45) is 1.93. The molecule has 27 heavy (non-hydrogen) atoms. The highest BCUT2D eigenvalue weighted by atomic mass is 19.3. The zero-order valence-electron chi connectivity index (χ0n) is 14.5. The van der Waals surface area contributed by atoms with Crippen LogP contribution in [0.3, 0.4) is 0 Å². The van der Waals surface area contributed by atoms with Gasteiger partial charge in [-0.2, -0.15) is 4.98 Å². The molecule has 0 saturated heterocycles. The molecule has 2 heterocycles. The fourth-order valence-electron chi connectivity index (χ4n) is 3.39. The minimum atomic E-state index is -2.59. The maximum Gasteiger partial charge on any atom is 0.258 e. The molecule has 4 rings (SSSR count).